The van der Waals surface area contributed by atoms with E-state index in [-0.39, 0.29) is 0 Å². The number of nitrogens with two attached hydrogens (primary N) is 1. The third kappa shape index (κ3) is 4.96. The lowest BCUT2D eigenvalue weighted by atomic mass is 10.2. The Morgan fingerprint density at radius 1 is 1.58 bits per heavy atom. The van der Waals surface area contributed by atoms with Gasteiger partial charge in [-0.15, -0.1) is 0 Å². The number of rotatable bonds is 8. The van der Waals surface area contributed by atoms with E-state index < -0.39 is 18.0 Å². The number of thioether (sulfide) groups is 1. The minimum Gasteiger partial charge on any atom is -0.480 e. The first-order valence-electron chi connectivity index (χ1n) is 5.85. The molecule has 19 heavy (non-hydrogen) atoms. The van der Waals surface area contributed by atoms with E-state index >= 15 is 0 Å². The molecular weight excluding hydrogens is 270 g/mol. The van der Waals surface area contributed by atoms with Gasteiger partial charge in [-0.2, -0.15) is 11.8 Å². The molecule has 0 bridgehead atoms. The molecule has 1 heterocycles. The molecule has 1 aromatic rings. The number of carboxylic acids is 1. The molecule has 0 fully saturated rings. The number of furan rings is 1. The lowest BCUT2D eigenvalue weighted by molar-refractivity contribution is -0.138. The first-order valence-corrected chi connectivity index (χ1v) is 7.01. The van der Waals surface area contributed by atoms with Gasteiger partial charge in [0.1, 0.15) is 17.4 Å². The number of esters is 1. The molecule has 6 nitrogen and oxygen atoms in total. The van der Waals surface area contributed by atoms with Gasteiger partial charge in [0.05, 0.1) is 18.6 Å². The first-order chi connectivity index (χ1) is 9.06. The summed E-state index contributed by atoms with van der Waals surface area (Å²) in [4.78, 5) is 22.1. The average molecular weight is 287 g/mol. The van der Waals surface area contributed by atoms with Gasteiger partial charge in [0.15, 0.2) is 0 Å². The third-order valence-corrected chi connectivity index (χ3v) is 3.35. The van der Waals surface area contributed by atoms with Crippen LogP contribution in [0.15, 0.2) is 16.7 Å². The Bertz CT molecular complexity index is 432. The van der Waals surface area contributed by atoms with E-state index in [1.54, 1.807) is 13.0 Å². The number of hydrogen-bond acceptors (Lipinski definition) is 6. The molecule has 0 saturated heterocycles. The molecule has 0 spiro atoms. The Morgan fingerprint density at radius 3 is 2.95 bits per heavy atom. The molecule has 1 rings (SSSR count). The van der Waals surface area contributed by atoms with Crippen LogP contribution >= 0.6 is 11.8 Å². The molecule has 106 valence electrons. The standard InChI is InChI=1S/C12H17NO5S/c1-2-17-12(16)8-3-5-18-10(8)7-19-6-4-9(13)11(14)15/h3,5,9H,2,4,6-7,13H2,1H3,(H,14,15). The zero-order chi connectivity index (χ0) is 14.3. The fraction of sp³-hybridized carbons (Fsp3) is 0.500. The van der Waals surface area contributed by atoms with Gasteiger partial charge in [-0.05, 0) is 25.2 Å². The highest BCUT2D eigenvalue weighted by Gasteiger charge is 2.16. The maximum absolute atomic E-state index is 11.6. The van der Waals surface area contributed by atoms with E-state index in [0.717, 1.165) is 0 Å². The Hall–Kier alpha value is -1.47. The van der Waals surface area contributed by atoms with Crippen molar-refractivity contribution >= 4 is 23.7 Å². The quantitative estimate of drug-likeness (QED) is 0.551. The van der Waals surface area contributed by atoms with Crippen molar-refractivity contribution in [3.8, 4) is 0 Å². The summed E-state index contributed by atoms with van der Waals surface area (Å²) in [6, 6.07) is 0.713. The predicted molar refractivity (Wildman–Crippen MR) is 71.1 cm³/mol. The Balaban J connectivity index is 2.40. The molecule has 0 aliphatic rings. The molecule has 0 aromatic carbocycles. The van der Waals surface area contributed by atoms with Gasteiger partial charge < -0.3 is 20.0 Å². The monoisotopic (exact) mass is 287 g/mol. The topological polar surface area (TPSA) is 103 Å². The largest absolute Gasteiger partial charge is 0.480 e. The van der Waals surface area contributed by atoms with Crippen molar-refractivity contribution in [2.75, 3.05) is 12.4 Å². The maximum Gasteiger partial charge on any atom is 0.341 e. The Kier molecular flexibility index (Phi) is 6.44. The van der Waals surface area contributed by atoms with Crippen LogP contribution in [0.1, 0.15) is 29.5 Å². The van der Waals surface area contributed by atoms with Crippen LogP contribution in [-0.4, -0.2) is 35.4 Å². The van der Waals surface area contributed by atoms with E-state index in [4.69, 9.17) is 20.0 Å². The van der Waals surface area contributed by atoms with Gasteiger partial charge >= 0.3 is 11.9 Å². The summed E-state index contributed by atoms with van der Waals surface area (Å²) in [5.41, 5.74) is 5.80. The van der Waals surface area contributed by atoms with Crippen LogP contribution in [0.25, 0.3) is 0 Å². The van der Waals surface area contributed by atoms with Crippen molar-refractivity contribution in [1.82, 2.24) is 0 Å². The lowest BCUT2D eigenvalue weighted by Crippen LogP contribution is -2.30. The number of ether oxygens (including phenoxy) is 1. The summed E-state index contributed by atoms with van der Waals surface area (Å²) < 4.78 is 10.1. The zero-order valence-corrected chi connectivity index (χ0v) is 11.4. The molecular formula is C12H17NO5S. The van der Waals surface area contributed by atoms with E-state index in [2.05, 4.69) is 0 Å². The van der Waals surface area contributed by atoms with Crippen LogP contribution in [0.2, 0.25) is 0 Å². The van der Waals surface area contributed by atoms with Crippen molar-refractivity contribution in [3.63, 3.8) is 0 Å². The van der Waals surface area contributed by atoms with E-state index in [9.17, 15) is 9.59 Å². The Labute approximate surface area is 115 Å². The van der Waals surface area contributed by atoms with Crippen molar-refractivity contribution < 1.29 is 23.8 Å². The highest BCUT2D eigenvalue weighted by Crippen LogP contribution is 2.19. The maximum atomic E-state index is 11.6. The summed E-state index contributed by atoms with van der Waals surface area (Å²) in [6.07, 6.45) is 1.81. The third-order valence-electron chi connectivity index (χ3n) is 2.36. The second-order valence-electron chi connectivity index (χ2n) is 3.76. The van der Waals surface area contributed by atoms with Crippen LogP contribution < -0.4 is 5.73 Å². The summed E-state index contributed by atoms with van der Waals surface area (Å²) in [7, 11) is 0. The highest BCUT2D eigenvalue weighted by atomic mass is 32.2. The average Bonchev–Trinajstić information content (AvgIpc) is 2.82. The van der Waals surface area contributed by atoms with Crippen LogP contribution in [0.4, 0.5) is 0 Å². The normalized spacial score (nSPS) is 12.1. The van der Waals surface area contributed by atoms with E-state index in [1.807, 2.05) is 0 Å². The molecule has 3 N–H and O–H groups in total. The first kappa shape index (κ1) is 15.6. The van der Waals surface area contributed by atoms with Crippen LogP contribution in [0.5, 0.6) is 0 Å². The predicted octanol–water partition coefficient (Wildman–Crippen LogP) is 1.49. The fourth-order valence-corrected chi connectivity index (χ4v) is 2.32. The van der Waals surface area contributed by atoms with Gasteiger partial charge in [0, 0.05) is 0 Å². The van der Waals surface area contributed by atoms with Gasteiger partial charge in [-0.3, -0.25) is 4.79 Å². The van der Waals surface area contributed by atoms with Crippen molar-refractivity contribution in [2.24, 2.45) is 5.73 Å². The molecule has 0 radical (unpaired) electrons. The molecule has 1 unspecified atom stereocenters. The molecule has 0 aliphatic carbocycles. The SMILES string of the molecule is CCOC(=O)c1ccoc1CSCCC(N)C(=O)O. The molecule has 0 saturated carbocycles. The van der Waals surface area contributed by atoms with Crippen LogP contribution in [-0.2, 0) is 15.3 Å². The highest BCUT2D eigenvalue weighted by molar-refractivity contribution is 7.98. The van der Waals surface area contributed by atoms with E-state index in [1.165, 1.54) is 18.0 Å². The summed E-state index contributed by atoms with van der Waals surface area (Å²) in [5.74, 6) is 0.177. The van der Waals surface area contributed by atoms with Crippen molar-refractivity contribution in [2.45, 2.75) is 25.1 Å². The van der Waals surface area contributed by atoms with E-state index in [0.29, 0.717) is 35.9 Å². The van der Waals surface area contributed by atoms with Gasteiger partial charge in [0.2, 0.25) is 0 Å². The number of carboxylic acid groups (broad SMARTS) is 1. The molecule has 1 aromatic heterocycles. The van der Waals surface area contributed by atoms with Gasteiger partial charge in [-0.25, -0.2) is 4.79 Å². The second kappa shape index (κ2) is 7.85. The molecule has 1 atom stereocenters. The smallest absolute Gasteiger partial charge is 0.341 e. The molecule has 0 amide bonds. The minimum atomic E-state index is -1.01. The summed E-state index contributed by atoms with van der Waals surface area (Å²) in [5, 5.41) is 8.63. The van der Waals surface area contributed by atoms with Gasteiger partial charge in [0.25, 0.3) is 0 Å². The number of hydrogen-bond donors (Lipinski definition) is 2. The van der Waals surface area contributed by atoms with Gasteiger partial charge in [-0.1, -0.05) is 0 Å². The fourth-order valence-electron chi connectivity index (χ4n) is 1.34. The zero-order valence-electron chi connectivity index (χ0n) is 10.6. The van der Waals surface area contributed by atoms with Crippen LogP contribution in [0, 0.1) is 0 Å². The second-order valence-corrected chi connectivity index (χ2v) is 4.87. The summed E-state index contributed by atoms with van der Waals surface area (Å²) >= 11 is 1.46. The number of carbonyl (C=O) groups is 2. The number of aliphatic carboxylic acids is 1. The molecule has 7 heteroatoms. The molecule has 0 aliphatic heterocycles. The Morgan fingerprint density at radius 2 is 2.32 bits per heavy atom. The number of carbonyl (C=O) groups excluding carboxylic acids is 1. The van der Waals surface area contributed by atoms with Crippen LogP contribution in [0.3, 0.4) is 0 Å². The lowest BCUT2D eigenvalue weighted by Gasteiger charge is -2.05. The summed E-state index contributed by atoms with van der Waals surface area (Å²) in [6.45, 7) is 2.05. The van der Waals surface area contributed by atoms with Crippen molar-refractivity contribution in [3.05, 3.63) is 23.7 Å². The van der Waals surface area contributed by atoms with Crippen molar-refractivity contribution in [1.29, 1.82) is 0 Å². The minimum absolute atomic E-state index is 0.310.